The van der Waals surface area contributed by atoms with Crippen molar-refractivity contribution in [2.75, 3.05) is 6.61 Å². The van der Waals surface area contributed by atoms with E-state index in [9.17, 15) is 13.6 Å². The molecule has 1 aromatic carbocycles. The van der Waals surface area contributed by atoms with Gasteiger partial charge in [-0.25, -0.2) is 18.6 Å². The Morgan fingerprint density at radius 3 is 2.73 bits per heavy atom. The highest BCUT2D eigenvalue weighted by Gasteiger charge is 2.06. The standard InChI is InChI=1S/C18H15F2N3O3/c1-11-9-22-18(24)23-17(11)25-7-6-12-2-5-16(21-10-12)26-13-3-4-14(19)15(20)8-13/h2-5,8-10H,6-7H2,1H3,(H,22,23,24). The number of aromatic nitrogens is 3. The second-order valence-corrected chi connectivity index (χ2v) is 5.47. The molecule has 2 heterocycles. The number of halogens is 2. The van der Waals surface area contributed by atoms with Crippen LogP contribution in [0.4, 0.5) is 8.78 Å². The molecular weight excluding hydrogens is 344 g/mol. The predicted molar refractivity (Wildman–Crippen MR) is 89.5 cm³/mol. The number of hydrogen-bond acceptors (Lipinski definition) is 5. The largest absolute Gasteiger partial charge is 0.477 e. The molecule has 0 aliphatic carbocycles. The van der Waals surface area contributed by atoms with Gasteiger partial charge in [0, 0.05) is 36.5 Å². The molecule has 0 saturated heterocycles. The lowest BCUT2D eigenvalue weighted by molar-refractivity contribution is 0.305. The molecular formula is C18H15F2N3O3. The first-order valence-electron chi connectivity index (χ1n) is 7.78. The molecule has 26 heavy (non-hydrogen) atoms. The Kier molecular flexibility index (Phi) is 5.21. The average Bonchev–Trinajstić information content (AvgIpc) is 2.63. The Morgan fingerprint density at radius 2 is 2.00 bits per heavy atom. The Balaban J connectivity index is 1.56. The number of pyridine rings is 1. The van der Waals surface area contributed by atoms with Crippen LogP contribution in [0.3, 0.4) is 0 Å². The van der Waals surface area contributed by atoms with E-state index in [-0.39, 0.29) is 11.6 Å². The molecule has 0 saturated carbocycles. The molecule has 3 rings (SSSR count). The fraction of sp³-hybridized carbons (Fsp3) is 0.167. The summed E-state index contributed by atoms with van der Waals surface area (Å²) in [5.41, 5.74) is 1.15. The summed E-state index contributed by atoms with van der Waals surface area (Å²) in [5, 5.41) is 0. The van der Waals surface area contributed by atoms with Gasteiger partial charge in [-0.3, -0.25) is 0 Å². The van der Waals surface area contributed by atoms with Gasteiger partial charge in [-0.05, 0) is 24.6 Å². The van der Waals surface area contributed by atoms with Gasteiger partial charge in [0.15, 0.2) is 11.6 Å². The van der Waals surface area contributed by atoms with Crippen molar-refractivity contribution >= 4 is 0 Å². The van der Waals surface area contributed by atoms with Crippen molar-refractivity contribution in [1.29, 1.82) is 0 Å². The lowest BCUT2D eigenvalue weighted by atomic mass is 10.2. The predicted octanol–water partition coefficient (Wildman–Crippen LogP) is 3.17. The summed E-state index contributed by atoms with van der Waals surface area (Å²) in [6.45, 7) is 2.10. The van der Waals surface area contributed by atoms with E-state index in [0.717, 1.165) is 23.3 Å². The molecule has 6 nitrogen and oxygen atoms in total. The Bertz CT molecular complexity index is 959. The second-order valence-electron chi connectivity index (χ2n) is 5.47. The van der Waals surface area contributed by atoms with Gasteiger partial charge in [0.1, 0.15) is 5.75 Å². The third-order valence-electron chi connectivity index (χ3n) is 3.49. The van der Waals surface area contributed by atoms with E-state index in [1.54, 1.807) is 25.3 Å². The zero-order valence-corrected chi connectivity index (χ0v) is 13.8. The molecule has 0 unspecified atom stereocenters. The fourth-order valence-corrected chi connectivity index (χ4v) is 2.14. The van der Waals surface area contributed by atoms with Gasteiger partial charge in [-0.2, -0.15) is 4.98 Å². The van der Waals surface area contributed by atoms with Crippen LogP contribution in [0.5, 0.6) is 17.5 Å². The molecule has 0 atom stereocenters. The summed E-state index contributed by atoms with van der Waals surface area (Å²) < 4.78 is 36.9. The molecule has 0 radical (unpaired) electrons. The molecule has 0 aliphatic heterocycles. The van der Waals surface area contributed by atoms with Crippen LogP contribution in [0.25, 0.3) is 0 Å². The quantitative estimate of drug-likeness (QED) is 0.732. The highest BCUT2D eigenvalue weighted by Crippen LogP contribution is 2.21. The number of rotatable bonds is 6. The molecule has 8 heteroatoms. The van der Waals surface area contributed by atoms with Gasteiger partial charge in [0.2, 0.25) is 11.8 Å². The molecule has 0 spiro atoms. The third kappa shape index (κ3) is 4.41. The SMILES string of the molecule is Cc1c[nH]c(=O)nc1OCCc1ccc(Oc2ccc(F)c(F)c2)nc1. The number of ether oxygens (including phenoxy) is 2. The first-order chi connectivity index (χ1) is 12.5. The maximum absolute atomic E-state index is 13.2. The van der Waals surface area contributed by atoms with Crippen LogP contribution in [0.15, 0.2) is 47.5 Å². The van der Waals surface area contributed by atoms with E-state index in [1.165, 1.54) is 12.3 Å². The topological polar surface area (TPSA) is 77.1 Å². The molecule has 2 aromatic heterocycles. The number of aromatic amines is 1. The Morgan fingerprint density at radius 1 is 1.15 bits per heavy atom. The maximum Gasteiger partial charge on any atom is 0.348 e. The minimum atomic E-state index is -0.986. The Hall–Kier alpha value is -3.29. The van der Waals surface area contributed by atoms with E-state index >= 15 is 0 Å². The summed E-state index contributed by atoms with van der Waals surface area (Å²) in [6, 6.07) is 6.66. The van der Waals surface area contributed by atoms with Crippen LogP contribution in [0.2, 0.25) is 0 Å². The van der Waals surface area contributed by atoms with Gasteiger partial charge in [0.25, 0.3) is 0 Å². The van der Waals surface area contributed by atoms with E-state index < -0.39 is 17.3 Å². The van der Waals surface area contributed by atoms with Crippen LogP contribution >= 0.6 is 0 Å². The first kappa shape index (κ1) is 17.5. The van der Waals surface area contributed by atoms with Gasteiger partial charge in [0.05, 0.1) is 6.61 Å². The molecule has 0 amide bonds. The number of aryl methyl sites for hydroxylation is 1. The second kappa shape index (κ2) is 7.73. The average molecular weight is 359 g/mol. The highest BCUT2D eigenvalue weighted by molar-refractivity contribution is 5.29. The smallest absolute Gasteiger partial charge is 0.348 e. The molecule has 1 N–H and O–H groups in total. The summed E-state index contributed by atoms with van der Waals surface area (Å²) in [5.74, 6) is -1.22. The number of H-pyrrole nitrogens is 1. The summed E-state index contributed by atoms with van der Waals surface area (Å²) >= 11 is 0. The fourth-order valence-electron chi connectivity index (χ4n) is 2.14. The van der Waals surface area contributed by atoms with E-state index in [2.05, 4.69) is 15.0 Å². The molecule has 0 bridgehead atoms. The van der Waals surface area contributed by atoms with Crippen molar-refractivity contribution in [2.45, 2.75) is 13.3 Å². The number of nitrogens with zero attached hydrogens (tertiary/aromatic N) is 2. The minimum Gasteiger partial charge on any atom is -0.477 e. The Labute approximate surface area is 147 Å². The summed E-state index contributed by atoms with van der Waals surface area (Å²) in [6.07, 6.45) is 3.68. The monoisotopic (exact) mass is 359 g/mol. The van der Waals surface area contributed by atoms with E-state index in [0.29, 0.717) is 18.9 Å². The van der Waals surface area contributed by atoms with E-state index in [1.807, 2.05) is 0 Å². The summed E-state index contributed by atoms with van der Waals surface area (Å²) in [4.78, 5) is 21.5. The molecule has 134 valence electrons. The first-order valence-corrected chi connectivity index (χ1v) is 7.78. The van der Waals surface area contributed by atoms with Crippen LogP contribution in [-0.2, 0) is 6.42 Å². The van der Waals surface area contributed by atoms with E-state index in [4.69, 9.17) is 9.47 Å². The molecule has 0 aliphatic rings. The van der Waals surface area contributed by atoms with Crippen molar-refractivity contribution in [3.8, 4) is 17.5 Å². The van der Waals surface area contributed by atoms with Crippen molar-refractivity contribution in [2.24, 2.45) is 0 Å². The van der Waals surface area contributed by atoms with Crippen molar-refractivity contribution in [1.82, 2.24) is 15.0 Å². The van der Waals surface area contributed by atoms with Crippen LogP contribution in [0, 0.1) is 18.6 Å². The maximum atomic E-state index is 13.2. The van der Waals surface area contributed by atoms with Gasteiger partial charge < -0.3 is 14.5 Å². The highest BCUT2D eigenvalue weighted by atomic mass is 19.2. The molecule has 3 aromatic rings. The zero-order chi connectivity index (χ0) is 18.5. The van der Waals surface area contributed by atoms with Crippen LogP contribution in [-0.4, -0.2) is 21.6 Å². The van der Waals surface area contributed by atoms with Gasteiger partial charge >= 0.3 is 5.69 Å². The van der Waals surface area contributed by atoms with Crippen LogP contribution in [0.1, 0.15) is 11.1 Å². The minimum absolute atomic E-state index is 0.156. The lowest BCUT2D eigenvalue weighted by Gasteiger charge is -2.08. The van der Waals surface area contributed by atoms with Crippen molar-refractivity contribution < 1.29 is 18.3 Å². The number of benzene rings is 1. The normalized spacial score (nSPS) is 10.6. The molecule has 0 fully saturated rings. The number of hydrogen-bond donors (Lipinski definition) is 1. The lowest BCUT2D eigenvalue weighted by Crippen LogP contribution is -2.13. The van der Waals surface area contributed by atoms with Gasteiger partial charge in [-0.1, -0.05) is 6.07 Å². The van der Waals surface area contributed by atoms with Crippen molar-refractivity contribution in [3.63, 3.8) is 0 Å². The summed E-state index contributed by atoms with van der Waals surface area (Å²) in [7, 11) is 0. The zero-order valence-electron chi connectivity index (χ0n) is 13.8. The third-order valence-corrected chi connectivity index (χ3v) is 3.49. The van der Waals surface area contributed by atoms with Crippen molar-refractivity contribution in [3.05, 3.63) is 76.0 Å². The van der Waals surface area contributed by atoms with Crippen LogP contribution < -0.4 is 15.2 Å². The van der Waals surface area contributed by atoms with Gasteiger partial charge in [-0.15, -0.1) is 0 Å². The number of nitrogens with one attached hydrogen (secondary N) is 1.